The molecule has 14 heavy (non-hydrogen) atoms. The van der Waals surface area contributed by atoms with Crippen molar-refractivity contribution < 1.29 is 4.74 Å². The highest BCUT2D eigenvalue weighted by Crippen LogP contribution is 2.09. The molecule has 1 atom stereocenters. The van der Waals surface area contributed by atoms with E-state index in [9.17, 15) is 0 Å². The Kier molecular flexibility index (Phi) is 11.6. The maximum atomic E-state index is 5.23. The van der Waals surface area contributed by atoms with Gasteiger partial charge in [-0.3, -0.25) is 0 Å². The third-order valence-electron chi connectivity index (χ3n) is 2.15. The van der Waals surface area contributed by atoms with Crippen molar-refractivity contribution in [2.75, 3.05) is 37.8 Å². The summed E-state index contributed by atoms with van der Waals surface area (Å²) in [4.78, 5) is 0. The zero-order valence-corrected chi connectivity index (χ0v) is 10.7. The fourth-order valence-corrected chi connectivity index (χ4v) is 2.05. The first kappa shape index (κ1) is 14.3. The lowest BCUT2D eigenvalue weighted by Gasteiger charge is -2.08. The van der Waals surface area contributed by atoms with E-state index in [4.69, 9.17) is 4.74 Å². The monoisotopic (exact) mass is 219 g/mol. The summed E-state index contributed by atoms with van der Waals surface area (Å²) in [6.07, 6.45) is 1.30. The van der Waals surface area contributed by atoms with Crippen LogP contribution in [0.15, 0.2) is 0 Å². The molecule has 0 bridgehead atoms. The molecule has 0 spiro atoms. The van der Waals surface area contributed by atoms with Gasteiger partial charge in [0.25, 0.3) is 0 Å². The summed E-state index contributed by atoms with van der Waals surface area (Å²) >= 11 is 2.05. The van der Waals surface area contributed by atoms with E-state index >= 15 is 0 Å². The van der Waals surface area contributed by atoms with Crippen molar-refractivity contribution in [1.82, 2.24) is 5.32 Å². The molecule has 0 saturated carbocycles. The minimum atomic E-state index is 0.824. The van der Waals surface area contributed by atoms with Gasteiger partial charge in [0.05, 0.1) is 6.61 Å². The largest absolute Gasteiger partial charge is 0.380 e. The van der Waals surface area contributed by atoms with E-state index in [1.54, 1.807) is 0 Å². The summed E-state index contributed by atoms with van der Waals surface area (Å²) in [7, 11) is 0. The Bertz CT molecular complexity index is 111. The molecular formula is C11H25NOS. The van der Waals surface area contributed by atoms with E-state index < -0.39 is 0 Å². The minimum Gasteiger partial charge on any atom is -0.380 e. The first-order valence-corrected chi connectivity index (χ1v) is 6.82. The highest BCUT2D eigenvalue weighted by molar-refractivity contribution is 7.99. The highest BCUT2D eigenvalue weighted by atomic mass is 32.2. The summed E-state index contributed by atoms with van der Waals surface area (Å²) in [5.41, 5.74) is 0. The highest BCUT2D eigenvalue weighted by Gasteiger charge is 1.97. The van der Waals surface area contributed by atoms with Crippen LogP contribution >= 0.6 is 11.8 Å². The van der Waals surface area contributed by atoms with Crippen molar-refractivity contribution in [3.05, 3.63) is 0 Å². The van der Waals surface area contributed by atoms with E-state index in [2.05, 4.69) is 19.2 Å². The van der Waals surface area contributed by atoms with Gasteiger partial charge in [-0.2, -0.15) is 11.8 Å². The van der Waals surface area contributed by atoms with Gasteiger partial charge in [0, 0.05) is 25.4 Å². The lowest BCUT2D eigenvalue weighted by atomic mass is 10.2. The molecule has 1 unspecified atom stereocenters. The van der Waals surface area contributed by atoms with Gasteiger partial charge >= 0.3 is 0 Å². The molecule has 0 fully saturated rings. The average molecular weight is 219 g/mol. The van der Waals surface area contributed by atoms with Crippen LogP contribution in [0.25, 0.3) is 0 Å². The van der Waals surface area contributed by atoms with Crippen LogP contribution in [0, 0.1) is 5.92 Å². The Balaban J connectivity index is 2.92. The van der Waals surface area contributed by atoms with Crippen molar-refractivity contribution in [1.29, 1.82) is 0 Å². The predicted octanol–water partition coefficient (Wildman–Crippen LogP) is 2.39. The fourth-order valence-electron chi connectivity index (χ4n) is 0.960. The second kappa shape index (κ2) is 11.3. The zero-order chi connectivity index (χ0) is 10.6. The maximum absolute atomic E-state index is 5.23. The van der Waals surface area contributed by atoms with Crippen LogP contribution in [0.4, 0.5) is 0 Å². The van der Waals surface area contributed by atoms with E-state index in [1.807, 2.05) is 18.7 Å². The van der Waals surface area contributed by atoms with Crippen molar-refractivity contribution in [3.63, 3.8) is 0 Å². The molecule has 0 aliphatic heterocycles. The molecule has 0 aromatic heterocycles. The summed E-state index contributed by atoms with van der Waals surface area (Å²) in [5.74, 6) is 3.38. The Morgan fingerprint density at radius 3 is 2.71 bits per heavy atom. The normalized spacial score (nSPS) is 13.1. The molecule has 2 nitrogen and oxygen atoms in total. The minimum absolute atomic E-state index is 0.824. The van der Waals surface area contributed by atoms with Gasteiger partial charge in [0.2, 0.25) is 0 Å². The summed E-state index contributed by atoms with van der Waals surface area (Å²) in [6.45, 7) is 10.4. The Labute approximate surface area is 93.2 Å². The molecule has 0 radical (unpaired) electrons. The molecule has 0 amide bonds. The second-order valence-corrected chi connectivity index (χ2v) is 4.69. The molecular weight excluding hydrogens is 194 g/mol. The third-order valence-corrected chi connectivity index (χ3v) is 3.45. The molecule has 0 heterocycles. The Hall–Kier alpha value is 0.270. The number of thioether (sulfide) groups is 1. The maximum Gasteiger partial charge on any atom is 0.0590 e. The zero-order valence-electron chi connectivity index (χ0n) is 9.84. The molecule has 1 N–H and O–H groups in total. The Morgan fingerprint density at radius 2 is 2.07 bits per heavy atom. The number of hydrogen-bond acceptors (Lipinski definition) is 3. The van der Waals surface area contributed by atoms with Crippen LogP contribution < -0.4 is 5.32 Å². The quantitative estimate of drug-likeness (QED) is 0.570. The fraction of sp³-hybridized carbons (Fsp3) is 1.00. The number of ether oxygens (including phenoxy) is 1. The first-order chi connectivity index (χ1) is 6.81. The van der Waals surface area contributed by atoms with Crippen molar-refractivity contribution in [3.8, 4) is 0 Å². The van der Waals surface area contributed by atoms with E-state index in [0.717, 1.165) is 32.2 Å². The molecule has 0 rings (SSSR count). The second-order valence-electron chi connectivity index (χ2n) is 3.54. The van der Waals surface area contributed by atoms with Crippen LogP contribution in [0.1, 0.15) is 27.2 Å². The lowest BCUT2D eigenvalue weighted by molar-refractivity contribution is 0.150. The lowest BCUT2D eigenvalue weighted by Crippen LogP contribution is -2.22. The van der Waals surface area contributed by atoms with E-state index in [1.165, 1.54) is 17.9 Å². The van der Waals surface area contributed by atoms with Gasteiger partial charge < -0.3 is 10.1 Å². The number of rotatable bonds is 10. The molecule has 0 saturated heterocycles. The van der Waals surface area contributed by atoms with Gasteiger partial charge in [-0.1, -0.05) is 20.3 Å². The van der Waals surface area contributed by atoms with Crippen LogP contribution in [0.3, 0.4) is 0 Å². The molecule has 3 heteroatoms. The van der Waals surface area contributed by atoms with Crippen LogP contribution in [-0.4, -0.2) is 37.8 Å². The van der Waals surface area contributed by atoms with Crippen LogP contribution in [0.5, 0.6) is 0 Å². The van der Waals surface area contributed by atoms with Gasteiger partial charge in [0.15, 0.2) is 0 Å². The first-order valence-electron chi connectivity index (χ1n) is 5.67. The SMILES string of the molecule is CCOCCNCCSCC(C)CC. The van der Waals surface area contributed by atoms with Gasteiger partial charge in [-0.25, -0.2) is 0 Å². The summed E-state index contributed by atoms with van der Waals surface area (Å²) in [5, 5.41) is 3.37. The van der Waals surface area contributed by atoms with Gasteiger partial charge in [-0.05, 0) is 18.6 Å². The standard InChI is InChI=1S/C11H25NOS/c1-4-11(3)10-14-9-7-12-6-8-13-5-2/h11-12H,4-10H2,1-3H3. The van der Waals surface area contributed by atoms with Crippen LogP contribution in [-0.2, 0) is 4.74 Å². The topological polar surface area (TPSA) is 21.3 Å². The van der Waals surface area contributed by atoms with E-state index in [0.29, 0.717) is 0 Å². The van der Waals surface area contributed by atoms with Crippen molar-refractivity contribution in [2.24, 2.45) is 5.92 Å². The molecule has 0 aliphatic rings. The Morgan fingerprint density at radius 1 is 1.29 bits per heavy atom. The van der Waals surface area contributed by atoms with Crippen molar-refractivity contribution >= 4 is 11.8 Å². The molecule has 86 valence electrons. The average Bonchev–Trinajstić information content (AvgIpc) is 2.21. The van der Waals surface area contributed by atoms with Crippen molar-refractivity contribution in [2.45, 2.75) is 27.2 Å². The van der Waals surface area contributed by atoms with Gasteiger partial charge in [0.1, 0.15) is 0 Å². The number of hydrogen-bond donors (Lipinski definition) is 1. The molecule has 0 aliphatic carbocycles. The molecule has 0 aromatic carbocycles. The number of nitrogens with one attached hydrogen (secondary N) is 1. The predicted molar refractivity (Wildman–Crippen MR) is 66.1 cm³/mol. The summed E-state index contributed by atoms with van der Waals surface area (Å²) in [6, 6.07) is 0. The van der Waals surface area contributed by atoms with Crippen LogP contribution in [0.2, 0.25) is 0 Å². The molecule has 0 aromatic rings. The smallest absolute Gasteiger partial charge is 0.0590 e. The third kappa shape index (κ3) is 10.4. The summed E-state index contributed by atoms with van der Waals surface area (Å²) < 4.78 is 5.23. The van der Waals surface area contributed by atoms with E-state index in [-0.39, 0.29) is 0 Å². The van der Waals surface area contributed by atoms with Gasteiger partial charge in [-0.15, -0.1) is 0 Å².